The third-order valence-electron chi connectivity index (χ3n) is 7.25. The Morgan fingerprint density at radius 3 is 2.78 bits per heavy atom. The molecule has 0 bridgehead atoms. The molecule has 2 amide bonds. The number of aryl methyl sites for hydroxylation is 1. The number of aromatic nitrogens is 5. The molecule has 1 N–H and O–H groups in total. The molecule has 0 unspecified atom stereocenters. The Bertz CT molecular complexity index is 1760. The number of hydrogen-bond acceptors (Lipinski definition) is 6. The summed E-state index contributed by atoms with van der Waals surface area (Å²) in [6, 6.07) is 11.4. The molecule has 0 spiro atoms. The maximum atomic E-state index is 14.1. The van der Waals surface area contributed by atoms with Crippen LogP contribution in [-0.2, 0) is 13.1 Å². The Labute approximate surface area is 242 Å². The molecular formula is C29H25BrFN7O3. The molecule has 2 aromatic carbocycles. The molecule has 41 heavy (non-hydrogen) atoms. The van der Waals surface area contributed by atoms with E-state index in [-0.39, 0.29) is 35.3 Å². The third-order valence-corrected chi connectivity index (χ3v) is 8.14. The lowest BCUT2D eigenvalue weighted by Gasteiger charge is -2.29. The molecule has 208 valence electrons. The van der Waals surface area contributed by atoms with Gasteiger partial charge in [-0.2, -0.15) is 5.10 Å². The Morgan fingerprint density at radius 2 is 2.00 bits per heavy atom. The minimum Gasteiger partial charge on any atom is -0.472 e. The predicted molar refractivity (Wildman–Crippen MR) is 152 cm³/mol. The van der Waals surface area contributed by atoms with E-state index in [1.165, 1.54) is 30.7 Å². The van der Waals surface area contributed by atoms with Crippen LogP contribution >= 0.6 is 15.9 Å². The van der Waals surface area contributed by atoms with E-state index < -0.39 is 11.7 Å². The van der Waals surface area contributed by atoms with Gasteiger partial charge in [0.1, 0.15) is 17.8 Å². The molecule has 5 aromatic rings. The molecule has 0 aliphatic carbocycles. The Kier molecular flexibility index (Phi) is 7.00. The molecule has 0 radical (unpaired) electrons. The van der Waals surface area contributed by atoms with Crippen molar-refractivity contribution in [2.45, 2.75) is 33.0 Å². The number of nitrogens with zero attached hydrogens (tertiary/aromatic N) is 6. The number of halogens is 2. The molecule has 6 rings (SSSR count). The lowest BCUT2D eigenvalue weighted by molar-refractivity contribution is 0.0707. The quantitative estimate of drug-likeness (QED) is 0.271. The SMILES string of the molecule is Cc1cc([C@@H](C)n2cc(-c3cnn4c3CN(C(=O)c3ccc(F)cc3NC(=O)c3ccoc3)CC4)nn2)ccc1Br. The lowest BCUT2D eigenvalue weighted by Crippen LogP contribution is -2.39. The normalized spacial score (nSPS) is 13.6. The molecule has 3 aromatic heterocycles. The fourth-order valence-electron chi connectivity index (χ4n) is 4.87. The van der Waals surface area contributed by atoms with Crippen LogP contribution in [0.3, 0.4) is 0 Å². The van der Waals surface area contributed by atoms with Crippen LogP contribution in [0.4, 0.5) is 10.1 Å². The number of carbonyl (C=O) groups excluding carboxylic acids is 2. The van der Waals surface area contributed by atoms with Gasteiger partial charge in [-0.1, -0.05) is 33.3 Å². The van der Waals surface area contributed by atoms with Gasteiger partial charge in [0.2, 0.25) is 0 Å². The summed E-state index contributed by atoms with van der Waals surface area (Å²) < 4.78 is 23.8. The van der Waals surface area contributed by atoms with Crippen LogP contribution in [0.5, 0.6) is 0 Å². The highest BCUT2D eigenvalue weighted by Gasteiger charge is 2.28. The number of anilines is 1. The van der Waals surface area contributed by atoms with Gasteiger partial charge in [-0.25, -0.2) is 9.07 Å². The average molecular weight is 618 g/mol. The lowest BCUT2D eigenvalue weighted by atomic mass is 10.1. The van der Waals surface area contributed by atoms with Crippen LogP contribution in [0.25, 0.3) is 11.3 Å². The van der Waals surface area contributed by atoms with Gasteiger partial charge < -0.3 is 14.6 Å². The zero-order chi connectivity index (χ0) is 28.7. The van der Waals surface area contributed by atoms with Crippen molar-refractivity contribution in [3.8, 4) is 11.3 Å². The van der Waals surface area contributed by atoms with E-state index in [9.17, 15) is 14.0 Å². The average Bonchev–Trinajstić information content (AvgIpc) is 3.74. The van der Waals surface area contributed by atoms with Crippen molar-refractivity contribution in [2.75, 3.05) is 11.9 Å². The first-order chi connectivity index (χ1) is 19.8. The third kappa shape index (κ3) is 5.18. The second-order valence-electron chi connectivity index (χ2n) is 9.88. The zero-order valence-corrected chi connectivity index (χ0v) is 23.8. The first-order valence-corrected chi connectivity index (χ1v) is 13.7. The van der Waals surface area contributed by atoms with Crippen molar-refractivity contribution in [2.24, 2.45) is 0 Å². The van der Waals surface area contributed by atoms with E-state index in [1.807, 2.05) is 23.9 Å². The van der Waals surface area contributed by atoms with Crippen LogP contribution < -0.4 is 5.32 Å². The summed E-state index contributed by atoms with van der Waals surface area (Å²) in [6.45, 7) is 5.23. The van der Waals surface area contributed by atoms with Crippen molar-refractivity contribution in [1.29, 1.82) is 0 Å². The maximum absolute atomic E-state index is 14.1. The van der Waals surface area contributed by atoms with Crippen LogP contribution in [-0.4, -0.2) is 48.0 Å². The number of fused-ring (bicyclic) bond motifs is 1. The van der Waals surface area contributed by atoms with Crippen molar-refractivity contribution < 1.29 is 18.4 Å². The van der Waals surface area contributed by atoms with E-state index in [2.05, 4.69) is 55.7 Å². The van der Waals surface area contributed by atoms with E-state index in [4.69, 9.17) is 4.42 Å². The number of nitrogens with one attached hydrogen (secondary N) is 1. The fraction of sp³-hybridized carbons (Fsp3) is 0.207. The van der Waals surface area contributed by atoms with Gasteiger partial charge in [0.25, 0.3) is 11.8 Å². The van der Waals surface area contributed by atoms with Gasteiger partial charge in [0, 0.05) is 16.6 Å². The molecule has 0 saturated carbocycles. The van der Waals surface area contributed by atoms with Gasteiger partial charge in [-0.3, -0.25) is 14.3 Å². The summed E-state index contributed by atoms with van der Waals surface area (Å²) in [6.07, 6.45) is 6.26. The summed E-state index contributed by atoms with van der Waals surface area (Å²) in [7, 11) is 0. The van der Waals surface area contributed by atoms with Crippen LogP contribution in [0.15, 0.2) is 76.3 Å². The van der Waals surface area contributed by atoms with Crippen LogP contribution in [0.1, 0.15) is 50.5 Å². The van der Waals surface area contributed by atoms with Crippen LogP contribution in [0.2, 0.25) is 0 Å². The zero-order valence-electron chi connectivity index (χ0n) is 22.2. The minimum atomic E-state index is -0.571. The summed E-state index contributed by atoms with van der Waals surface area (Å²) in [5, 5.41) is 15.9. The Balaban J connectivity index is 1.24. The van der Waals surface area contributed by atoms with Gasteiger partial charge in [-0.05, 0) is 55.3 Å². The highest BCUT2D eigenvalue weighted by molar-refractivity contribution is 9.10. The van der Waals surface area contributed by atoms with Crippen molar-refractivity contribution in [3.05, 3.63) is 106 Å². The molecule has 10 nitrogen and oxygen atoms in total. The first-order valence-electron chi connectivity index (χ1n) is 12.9. The fourth-order valence-corrected chi connectivity index (χ4v) is 5.11. The monoisotopic (exact) mass is 617 g/mol. The molecule has 1 aliphatic rings. The number of amides is 2. The molecule has 0 saturated heterocycles. The smallest absolute Gasteiger partial charge is 0.258 e. The molecule has 0 fully saturated rings. The highest BCUT2D eigenvalue weighted by atomic mass is 79.9. The Hall–Kier alpha value is -4.58. The molecule has 12 heteroatoms. The second-order valence-corrected chi connectivity index (χ2v) is 10.7. The standard InChI is InChI=1S/C29H25BrFN7O3/c1-17-11-19(3-6-24(17)30)18(2)38-14-26(34-35-38)23-13-32-37-9-8-36(15-27(23)37)29(40)22-5-4-21(31)12-25(22)33-28(39)20-7-10-41-16-20/h3-7,10-14,16,18H,8-9,15H2,1-2H3,(H,33,39)/t18-/m1/s1. The van der Waals surface area contributed by atoms with E-state index in [0.29, 0.717) is 18.8 Å². The predicted octanol–water partition coefficient (Wildman–Crippen LogP) is 5.46. The maximum Gasteiger partial charge on any atom is 0.258 e. The topological polar surface area (TPSA) is 111 Å². The van der Waals surface area contributed by atoms with E-state index in [1.54, 1.807) is 15.8 Å². The second kappa shape index (κ2) is 10.8. The largest absolute Gasteiger partial charge is 0.472 e. The summed E-state index contributed by atoms with van der Waals surface area (Å²) in [4.78, 5) is 27.9. The van der Waals surface area contributed by atoms with Gasteiger partial charge in [-0.15, -0.1) is 5.10 Å². The van der Waals surface area contributed by atoms with E-state index in [0.717, 1.165) is 32.9 Å². The summed E-state index contributed by atoms with van der Waals surface area (Å²) in [5.41, 5.74) is 5.01. The minimum absolute atomic E-state index is 0.0401. The Morgan fingerprint density at radius 1 is 1.15 bits per heavy atom. The van der Waals surface area contributed by atoms with Gasteiger partial charge in [0.05, 0.1) is 60.3 Å². The number of carbonyl (C=O) groups is 2. The number of furan rings is 1. The van der Waals surface area contributed by atoms with Crippen molar-refractivity contribution in [3.63, 3.8) is 0 Å². The number of rotatable bonds is 6. The van der Waals surface area contributed by atoms with Crippen molar-refractivity contribution >= 4 is 33.4 Å². The molecular weight excluding hydrogens is 593 g/mol. The van der Waals surface area contributed by atoms with Crippen LogP contribution in [0, 0.1) is 12.7 Å². The molecule has 1 aliphatic heterocycles. The first kappa shape index (κ1) is 26.6. The number of hydrogen-bond donors (Lipinski definition) is 1. The molecule has 4 heterocycles. The van der Waals surface area contributed by atoms with Crippen molar-refractivity contribution in [1.82, 2.24) is 29.7 Å². The van der Waals surface area contributed by atoms with Gasteiger partial charge >= 0.3 is 0 Å². The van der Waals surface area contributed by atoms with Gasteiger partial charge in [0.15, 0.2) is 0 Å². The summed E-state index contributed by atoms with van der Waals surface area (Å²) in [5.74, 6) is -1.42. The number of benzene rings is 2. The highest BCUT2D eigenvalue weighted by Crippen LogP contribution is 2.29. The molecule has 1 atom stereocenters. The van der Waals surface area contributed by atoms with E-state index >= 15 is 0 Å². The summed E-state index contributed by atoms with van der Waals surface area (Å²) >= 11 is 3.54.